The van der Waals surface area contributed by atoms with Crippen LogP contribution in [0, 0.1) is 0 Å². The van der Waals surface area contributed by atoms with Gasteiger partial charge in [-0.05, 0) is 18.2 Å². The summed E-state index contributed by atoms with van der Waals surface area (Å²) in [6.07, 6.45) is 5.45. The quantitative estimate of drug-likeness (QED) is 0.723. The molecule has 0 aliphatic carbocycles. The molecule has 1 aromatic carbocycles. The number of hydrogen-bond acceptors (Lipinski definition) is 4. The molecule has 0 aliphatic rings. The Bertz CT molecular complexity index is 673. The predicted molar refractivity (Wildman–Crippen MR) is 71.7 cm³/mol. The zero-order valence-corrected chi connectivity index (χ0v) is 10.9. The Hall–Kier alpha value is -2.18. The summed E-state index contributed by atoms with van der Waals surface area (Å²) in [4.78, 5) is 17.0. The number of benzene rings is 1. The van der Waals surface area contributed by atoms with Crippen molar-refractivity contribution in [2.45, 2.75) is 6.54 Å². The van der Waals surface area contributed by atoms with Crippen LogP contribution in [-0.4, -0.2) is 38.7 Å². The van der Waals surface area contributed by atoms with Gasteiger partial charge in [-0.15, -0.1) is 0 Å². The number of nitrogens with zero attached hydrogens (tertiary/aromatic N) is 4. The van der Waals surface area contributed by atoms with Gasteiger partial charge in [0.25, 0.3) is 0 Å². The summed E-state index contributed by atoms with van der Waals surface area (Å²) in [7, 11) is 3.50. The fourth-order valence-corrected chi connectivity index (χ4v) is 1.97. The largest absolute Gasteiger partial charge is 0.341 e. The molecule has 0 amide bonds. The van der Waals surface area contributed by atoms with E-state index in [2.05, 4.69) is 21.0 Å². The van der Waals surface area contributed by atoms with Crippen molar-refractivity contribution in [2.75, 3.05) is 14.2 Å². The van der Waals surface area contributed by atoms with Crippen LogP contribution in [-0.2, 0) is 11.4 Å². The third-order valence-electron chi connectivity index (χ3n) is 3.00. The van der Waals surface area contributed by atoms with Crippen LogP contribution in [0.15, 0.2) is 36.9 Å². The first-order valence-corrected chi connectivity index (χ1v) is 5.98. The molecule has 3 aromatic rings. The fraction of sp³-hybridized carbons (Fsp3) is 0.231. The van der Waals surface area contributed by atoms with E-state index < -0.39 is 0 Å². The number of rotatable bonds is 4. The second kappa shape index (κ2) is 4.83. The van der Waals surface area contributed by atoms with E-state index in [1.54, 1.807) is 24.7 Å². The topological polar surface area (TPSA) is 59.0 Å². The van der Waals surface area contributed by atoms with Crippen LogP contribution >= 0.6 is 0 Å². The van der Waals surface area contributed by atoms with Crippen molar-refractivity contribution in [3.8, 4) is 5.69 Å². The number of hydroxylamine groups is 2. The molecule has 0 aliphatic heterocycles. The summed E-state index contributed by atoms with van der Waals surface area (Å²) in [5.41, 5.74) is 3.01. The second-order valence-corrected chi connectivity index (χ2v) is 4.32. The van der Waals surface area contributed by atoms with Crippen molar-refractivity contribution >= 4 is 11.0 Å². The molecule has 0 unspecified atom stereocenters. The molecule has 0 spiro atoms. The first kappa shape index (κ1) is 11.9. The van der Waals surface area contributed by atoms with Crippen LogP contribution in [0.25, 0.3) is 16.7 Å². The third-order valence-corrected chi connectivity index (χ3v) is 3.00. The highest BCUT2D eigenvalue weighted by molar-refractivity contribution is 5.77. The van der Waals surface area contributed by atoms with Crippen molar-refractivity contribution < 1.29 is 4.84 Å². The van der Waals surface area contributed by atoms with Crippen molar-refractivity contribution in [3.63, 3.8) is 0 Å². The van der Waals surface area contributed by atoms with Gasteiger partial charge in [0.2, 0.25) is 0 Å². The van der Waals surface area contributed by atoms with Crippen LogP contribution < -0.4 is 0 Å². The number of aromatic nitrogens is 4. The average molecular weight is 257 g/mol. The number of aromatic amines is 1. The van der Waals surface area contributed by atoms with Gasteiger partial charge in [-0.2, -0.15) is 5.06 Å². The van der Waals surface area contributed by atoms with Gasteiger partial charge in [-0.3, -0.25) is 0 Å². The number of imidazole rings is 2. The minimum Gasteiger partial charge on any atom is -0.341 e. The van der Waals surface area contributed by atoms with E-state index in [0.717, 1.165) is 22.5 Å². The minimum absolute atomic E-state index is 0.617. The van der Waals surface area contributed by atoms with Gasteiger partial charge in [-0.25, -0.2) is 9.97 Å². The van der Waals surface area contributed by atoms with Gasteiger partial charge in [0.05, 0.1) is 31.0 Å². The molecular weight excluding hydrogens is 242 g/mol. The van der Waals surface area contributed by atoms with Crippen molar-refractivity contribution in [1.82, 2.24) is 24.6 Å². The Morgan fingerprint density at radius 2 is 2.32 bits per heavy atom. The zero-order chi connectivity index (χ0) is 13.2. The first-order chi connectivity index (χ1) is 9.26. The average Bonchev–Trinajstić information content (AvgIpc) is 3.06. The lowest BCUT2D eigenvalue weighted by Gasteiger charge is -2.10. The van der Waals surface area contributed by atoms with Gasteiger partial charge in [0.15, 0.2) is 0 Å². The maximum atomic E-state index is 5.09. The SMILES string of the molecule is CON(C)Cc1nc2ccc(-n3ccnc3)cc2[nH]1. The Labute approximate surface area is 110 Å². The number of hydrogen-bond donors (Lipinski definition) is 1. The zero-order valence-electron chi connectivity index (χ0n) is 10.9. The maximum absolute atomic E-state index is 5.09. The van der Waals surface area contributed by atoms with E-state index in [9.17, 15) is 0 Å². The van der Waals surface area contributed by atoms with E-state index in [1.807, 2.05) is 29.9 Å². The van der Waals surface area contributed by atoms with Gasteiger partial charge in [0, 0.05) is 25.1 Å². The Morgan fingerprint density at radius 1 is 1.42 bits per heavy atom. The third kappa shape index (κ3) is 2.35. The van der Waals surface area contributed by atoms with Crippen LogP contribution in [0.4, 0.5) is 0 Å². The van der Waals surface area contributed by atoms with E-state index in [0.29, 0.717) is 6.54 Å². The number of fused-ring (bicyclic) bond motifs is 1. The molecule has 98 valence electrons. The van der Waals surface area contributed by atoms with Gasteiger partial charge >= 0.3 is 0 Å². The smallest absolute Gasteiger partial charge is 0.123 e. The summed E-state index contributed by atoms with van der Waals surface area (Å²) in [5, 5.41) is 1.72. The van der Waals surface area contributed by atoms with E-state index in [4.69, 9.17) is 4.84 Å². The summed E-state index contributed by atoms with van der Waals surface area (Å²) < 4.78 is 1.96. The van der Waals surface area contributed by atoms with Gasteiger partial charge in [0.1, 0.15) is 5.82 Å². The molecule has 2 aromatic heterocycles. The van der Waals surface area contributed by atoms with Crippen LogP contribution in [0.2, 0.25) is 0 Å². The van der Waals surface area contributed by atoms with Crippen molar-refractivity contribution in [2.24, 2.45) is 0 Å². The molecule has 6 heteroatoms. The standard InChI is InChI=1S/C13H15N5O/c1-17(19-2)8-13-15-11-4-3-10(7-12(11)16-13)18-6-5-14-9-18/h3-7,9H,8H2,1-2H3,(H,15,16). The van der Waals surface area contributed by atoms with Gasteiger partial charge < -0.3 is 14.4 Å². The molecule has 0 saturated carbocycles. The molecule has 0 atom stereocenters. The summed E-state index contributed by atoms with van der Waals surface area (Å²) in [6.45, 7) is 0.617. The predicted octanol–water partition coefficient (Wildman–Crippen LogP) is 1.74. The molecule has 6 nitrogen and oxygen atoms in total. The second-order valence-electron chi connectivity index (χ2n) is 4.32. The molecular formula is C13H15N5O. The normalized spacial score (nSPS) is 11.5. The van der Waals surface area contributed by atoms with E-state index in [1.165, 1.54) is 0 Å². The van der Waals surface area contributed by atoms with Gasteiger partial charge in [-0.1, -0.05) is 0 Å². The van der Waals surface area contributed by atoms with E-state index >= 15 is 0 Å². The van der Waals surface area contributed by atoms with Crippen LogP contribution in [0.1, 0.15) is 5.82 Å². The molecule has 19 heavy (non-hydrogen) atoms. The number of nitrogens with one attached hydrogen (secondary N) is 1. The Morgan fingerprint density at radius 3 is 3.05 bits per heavy atom. The van der Waals surface area contributed by atoms with Crippen LogP contribution in [0.5, 0.6) is 0 Å². The lowest BCUT2D eigenvalue weighted by atomic mass is 10.3. The summed E-state index contributed by atoms with van der Waals surface area (Å²) in [5.74, 6) is 0.877. The number of H-pyrrole nitrogens is 1. The molecule has 0 fully saturated rings. The first-order valence-electron chi connectivity index (χ1n) is 5.98. The Kier molecular flexibility index (Phi) is 3.02. The minimum atomic E-state index is 0.617. The van der Waals surface area contributed by atoms with E-state index in [-0.39, 0.29) is 0 Å². The monoisotopic (exact) mass is 257 g/mol. The van der Waals surface area contributed by atoms with Crippen molar-refractivity contribution in [1.29, 1.82) is 0 Å². The highest BCUT2D eigenvalue weighted by atomic mass is 16.7. The highest BCUT2D eigenvalue weighted by Gasteiger charge is 2.06. The lowest BCUT2D eigenvalue weighted by Crippen LogP contribution is -2.16. The maximum Gasteiger partial charge on any atom is 0.123 e. The van der Waals surface area contributed by atoms with Crippen LogP contribution in [0.3, 0.4) is 0 Å². The molecule has 2 heterocycles. The highest BCUT2D eigenvalue weighted by Crippen LogP contribution is 2.17. The lowest BCUT2D eigenvalue weighted by molar-refractivity contribution is -0.117. The fourth-order valence-electron chi connectivity index (χ4n) is 1.97. The van der Waals surface area contributed by atoms with Crippen molar-refractivity contribution in [3.05, 3.63) is 42.7 Å². The summed E-state index contributed by atoms with van der Waals surface area (Å²) in [6, 6.07) is 6.08. The Balaban J connectivity index is 1.95. The molecule has 0 saturated heterocycles. The molecule has 1 N–H and O–H groups in total. The molecule has 0 radical (unpaired) electrons. The molecule has 0 bridgehead atoms. The molecule has 3 rings (SSSR count). The summed E-state index contributed by atoms with van der Waals surface area (Å²) >= 11 is 0.